The van der Waals surface area contributed by atoms with Gasteiger partial charge in [-0.1, -0.05) is 70.7 Å². The van der Waals surface area contributed by atoms with Crippen molar-refractivity contribution in [2.75, 3.05) is 13.2 Å². The van der Waals surface area contributed by atoms with E-state index in [2.05, 4.69) is 39.0 Å². The average molecular weight is 449 g/mol. The molecule has 0 aliphatic carbocycles. The van der Waals surface area contributed by atoms with Crippen molar-refractivity contribution in [2.24, 2.45) is 5.92 Å². The van der Waals surface area contributed by atoms with Gasteiger partial charge < -0.3 is 14.2 Å². The number of fused-ring (bicyclic) bond motifs is 1. The summed E-state index contributed by atoms with van der Waals surface area (Å²) in [5.74, 6) is 1.82. The molecule has 0 unspecified atom stereocenters. The molecule has 0 aliphatic rings. The van der Waals surface area contributed by atoms with Crippen molar-refractivity contribution in [1.82, 2.24) is 0 Å². The van der Waals surface area contributed by atoms with E-state index in [1.54, 1.807) is 12.1 Å². The van der Waals surface area contributed by atoms with Crippen LogP contribution >= 0.6 is 0 Å². The molecule has 33 heavy (non-hydrogen) atoms. The number of unbranched alkanes of at least 4 members (excludes halogenated alkanes) is 3. The zero-order valence-electron chi connectivity index (χ0n) is 20.1. The van der Waals surface area contributed by atoms with Crippen LogP contribution in [0.25, 0.3) is 10.8 Å². The van der Waals surface area contributed by atoms with Gasteiger partial charge in [-0.05, 0) is 65.1 Å². The molecule has 0 aromatic heterocycles. The van der Waals surface area contributed by atoms with Crippen LogP contribution in [0.15, 0.2) is 60.7 Å². The maximum atomic E-state index is 12.1. The van der Waals surface area contributed by atoms with E-state index in [0.29, 0.717) is 24.7 Å². The number of carbonyl (C=O) groups excluding carboxylic acids is 1. The topological polar surface area (TPSA) is 44.8 Å². The molecule has 0 amide bonds. The Bertz CT molecular complexity index is 1010. The molecule has 3 aromatic rings. The maximum absolute atomic E-state index is 12.1. The highest BCUT2D eigenvalue weighted by Gasteiger charge is 2.09. The van der Waals surface area contributed by atoms with Crippen molar-refractivity contribution in [2.45, 2.75) is 59.5 Å². The second-order valence-corrected chi connectivity index (χ2v) is 8.68. The molecule has 0 fully saturated rings. The Kier molecular flexibility index (Phi) is 9.61. The zero-order valence-corrected chi connectivity index (χ0v) is 20.1. The first-order valence-corrected chi connectivity index (χ1v) is 12.1. The van der Waals surface area contributed by atoms with E-state index in [9.17, 15) is 4.79 Å². The van der Waals surface area contributed by atoms with Crippen molar-refractivity contribution >= 4 is 16.7 Å². The molecule has 0 saturated carbocycles. The third-order valence-corrected chi connectivity index (χ3v) is 5.84. The standard InChI is InChI=1S/C29H36O4/c1-4-6-7-8-17-31-27-15-13-26-19-28(16-14-25(26)18-27)32-21-23-9-11-24(12-10-23)29(30)33-20-22(3)5-2/h9-16,18-19,22H,4-8,17,20-21H2,1-3H3/t22-/m1/s1. The van der Waals surface area contributed by atoms with Gasteiger partial charge in [-0.3, -0.25) is 0 Å². The monoisotopic (exact) mass is 448 g/mol. The Morgan fingerprint density at radius 2 is 1.48 bits per heavy atom. The van der Waals surface area contributed by atoms with Gasteiger partial charge in [0.25, 0.3) is 0 Å². The second-order valence-electron chi connectivity index (χ2n) is 8.68. The molecule has 0 saturated heterocycles. The third kappa shape index (κ3) is 7.81. The van der Waals surface area contributed by atoms with Crippen molar-refractivity contribution in [1.29, 1.82) is 0 Å². The fraction of sp³-hybridized carbons (Fsp3) is 0.414. The van der Waals surface area contributed by atoms with Crippen LogP contribution in [0.3, 0.4) is 0 Å². The molecule has 0 spiro atoms. The normalized spacial score (nSPS) is 11.8. The van der Waals surface area contributed by atoms with Crippen molar-refractivity contribution in [3.63, 3.8) is 0 Å². The summed E-state index contributed by atoms with van der Waals surface area (Å²) in [6.07, 6.45) is 5.80. The quantitative estimate of drug-likeness (QED) is 0.200. The Balaban J connectivity index is 1.51. The van der Waals surface area contributed by atoms with E-state index in [4.69, 9.17) is 14.2 Å². The summed E-state index contributed by atoms with van der Waals surface area (Å²) in [4.78, 5) is 12.1. The molecule has 0 N–H and O–H groups in total. The molecule has 3 aromatic carbocycles. The lowest BCUT2D eigenvalue weighted by Crippen LogP contribution is -2.11. The first-order valence-electron chi connectivity index (χ1n) is 12.1. The van der Waals surface area contributed by atoms with Crippen LogP contribution < -0.4 is 9.47 Å². The highest BCUT2D eigenvalue weighted by molar-refractivity contribution is 5.89. The summed E-state index contributed by atoms with van der Waals surface area (Å²) in [5.41, 5.74) is 1.57. The highest BCUT2D eigenvalue weighted by atomic mass is 16.5. The van der Waals surface area contributed by atoms with Crippen LogP contribution in [-0.4, -0.2) is 19.2 Å². The average Bonchev–Trinajstić information content (AvgIpc) is 2.85. The largest absolute Gasteiger partial charge is 0.494 e. The number of esters is 1. The summed E-state index contributed by atoms with van der Waals surface area (Å²) in [7, 11) is 0. The smallest absolute Gasteiger partial charge is 0.338 e. The minimum Gasteiger partial charge on any atom is -0.494 e. The Hall–Kier alpha value is -3.01. The van der Waals surface area contributed by atoms with Crippen LogP contribution in [0.4, 0.5) is 0 Å². The van der Waals surface area contributed by atoms with Gasteiger partial charge >= 0.3 is 5.97 Å². The Labute approximate surface area is 197 Å². The van der Waals surface area contributed by atoms with Gasteiger partial charge in [0, 0.05) is 0 Å². The van der Waals surface area contributed by atoms with E-state index < -0.39 is 0 Å². The summed E-state index contributed by atoms with van der Waals surface area (Å²) >= 11 is 0. The van der Waals surface area contributed by atoms with Crippen molar-refractivity contribution in [3.05, 3.63) is 71.8 Å². The van der Waals surface area contributed by atoms with Crippen LogP contribution in [0.1, 0.15) is 68.8 Å². The summed E-state index contributed by atoms with van der Waals surface area (Å²) in [5, 5.41) is 2.25. The van der Waals surface area contributed by atoms with Crippen molar-refractivity contribution in [3.8, 4) is 11.5 Å². The number of hydrogen-bond donors (Lipinski definition) is 0. The van der Waals surface area contributed by atoms with Gasteiger partial charge in [0.15, 0.2) is 0 Å². The SMILES string of the molecule is CCCCCCOc1ccc2cc(OCc3ccc(C(=O)OC[C@H](C)CC)cc3)ccc2c1. The fourth-order valence-electron chi connectivity index (χ4n) is 3.42. The van der Waals surface area contributed by atoms with Gasteiger partial charge in [-0.25, -0.2) is 4.79 Å². The maximum Gasteiger partial charge on any atom is 0.338 e. The number of hydrogen-bond acceptors (Lipinski definition) is 4. The van der Waals surface area contributed by atoms with Crippen LogP contribution in [0, 0.1) is 5.92 Å². The molecule has 4 heteroatoms. The molecule has 4 nitrogen and oxygen atoms in total. The molecular weight excluding hydrogens is 412 g/mol. The first-order chi connectivity index (χ1) is 16.1. The van der Waals surface area contributed by atoms with E-state index in [0.717, 1.165) is 47.3 Å². The van der Waals surface area contributed by atoms with Gasteiger partial charge in [-0.2, -0.15) is 0 Å². The third-order valence-electron chi connectivity index (χ3n) is 5.84. The minimum atomic E-state index is -0.276. The van der Waals surface area contributed by atoms with Gasteiger partial charge in [0.05, 0.1) is 18.8 Å². The summed E-state index contributed by atoms with van der Waals surface area (Å²) in [6, 6.07) is 19.7. The summed E-state index contributed by atoms with van der Waals surface area (Å²) < 4.78 is 17.2. The molecular formula is C29H36O4. The number of ether oxygens (including phenoxy) is 3. The Morgan fingerprint density at radius 1 is 0.818 bits per heavy atom. The number of rotatable bonds is 13. The Morgan fingerprint density at radius 3 is 2.12 bits per heavy atom. The molecule has 0 radical (unpaired) electrons. The molecule has 0 aliphatic heterocycles. The molecule has 0 bridgehead atoms. The predicted molar refractivity (Wildman–Crippen MR) is 134 cm³/mol. The lowest BCUT2D eigenvalue weighted by Gasteiger charge is -2.11. The first kappa shape index (κ1) is 24.6. The lowest BCUT2D eigenvalue weighted by atomic mass is 10.1. The predicted octanol–water partition coefficient (Wildman–Crippen LogP) is 7.58. The fourth-order valence-corrected chi connectivity index (χ4v) is 3.42. The van der Waals surface area contributed by atoms with Gasteiger partial charge in [-0.15, -0.1) is 0 Å². The van der Waals surface area contributed by atoms with Crippen molar-refractivity contribution < 1.29 is 19.0 Å². The molecule has 3 rings (SSSR count). The van der Waals surface area contributed by atoms with Gasteiger partial charge in [0.1, 0.15) is 18.1 Å². The van der Waals surface area contributed by atoms with E-state index in [-0.39, 0.29) is 5.97 Å². The zero-order chi connectivity index (χ0) is 23.5. The van der Waals surface area contributed by atoms with Gasteiger partial charge in [0.2, 0.25) is 0 Å². The van der Waals surface area contributed by atoms with Crippen LogP contribution in [0.5, 0.6) is 11.5 Å². The minimum absolute atomic E-state index is 0.276. The van der Waals surface area contributed by atoms with E-state index in [1.807, 2.05) is 30.3 Å². The van der Waals surface area contributed by atoms with Crippen LogP contribution in [-0.2, 0) is 11.3 Å². The van der Waals surface area contributed by atoms with Crippen LogP contribution in [0.2, 0.25) is 0 Å². The highest BCUT2D eigenvalue weighted by Crippen LogP contribution is 2.26. The number of benzene rings is 3. The molecule has 0 heterocycles. The summed E-state index contributed by atoms with van der Waals surface area (Å²) in [6.45, 7) is 8.03. The van der Waals surface area contributed by atoms with E-state index in [1.165, 1.54) is 19.3 Å². The number of carbonyl (C=O) groups is 1. The lowest BCUT2D eigenvalue weighted by molar-refractivity contribution is 0.0447. The second kappa shape index (κ2) is 12.9. The molecule has 176 valence electrons. The van der Waals surface area contributed by atoms with E-state index >= 15 is 0 Å². The molecule has 1 atom stereocenters.